The van der Waals surface area contributed by atoms with E-state index in [0.29, 0.717) is 13.0 Å². The molecule has 0 amide bonds. The van der Waals surface area contributed by atoms with E-state index in [9.17, 15) is 4.79 Å². The summed E-state index contributed by atoms with van der Waals surface area (Å²) in [5.74, 6) is 0.247. The van der Waals surface area contributed by atoms with Crippen LogP contribution >= 0.6 is 0 Å². The van der Waals surface area contributed by atoms with E-state index < -0.39 is 0 Å². The standard InChI is InChI=1S/C18H25N3O2/c1-13(2)17(20-23-12-16-8-6-5-7-9-16)11-18(22)21-15(4)10-14(3)19-21/h5-10,13,17,20H,11-12H2,1-4H3/t17-/m1/s1. The third-order valence-corrected chi connectivity index (χ3v) is 3.76. The van der Waals surface area contributed by atoms with E-state index in [1.165, 1.54) is 4.68 Å². The fourth-order valence-electron chi connectivity index (χ4n) is 2.38. The number of carbonyl (C=O) groups excluding carboxylic acids is 1. The van der Waals surface area contributed by atoms with Crippen molar-refractivity contribution in [3.8, 4) is 0 Å². The molecule has 0 aliphatic heterocycles. The SMILES string of the molecule is Cc1cc(C)n(C(=O)C[C@@H](NOCc2ccccc2)C(C)C)n1. The molecule has 0 saturated carbocycles. The van der Waals surface area contributed by atoms with Gasteiger partial charge in [0.1, 0.15) is 0 Å². The second kappa shape index (κ2) is 8.04. The number of aromatic nitrogens is 2. The second-order valence-electron chi connectivity index (χ2n) is 6.18. The number of nitrogens with zero attached hydrogens (tertiary/aromatic N) is 2. The van der Waals surface area contributed by atoms with Gasteiger partial charge in [0.2, 0.25) is 5.91 Å². The zero-order chi connectivity index (χ0) is 16.8. The number of hydrogen-bond acceptors (Lipinski definition) is 4. The topological polar surface area (TPSA) is 56.2 Å². The molecule has 0 saturated heterocycles. The molecule has 23 heavy (non-hydrogen) atoms. The van der Waals surface area contributed by atoms with Gasteiger partial charge in [-0.25, -0.2) is 4.68 Å². The minimum Gasteiger partial charge on any atom is -0.297 e. The molecule has 124 valence electrons. The Bertz CT molecular complexity index is 635. The van der Waals surface area contributed by atoms with Gasteiger partial charge in [-0.15, -0.1) is 0 Å². The van der Waals surface area contributed by atoms with Crippen LogP contribution in [0.2, 0.25) is 0 Å². The quantitative estimate of drug-likeness (QED) is 0.797. The van der Waals surface area contributed by atoms with Crippen molar-refractivity contribution in [2.45, 2.75) is 46.8 Å². The average Bonchev–Trinajstić information content (AvgIpc) is 2.85. The first kappa shape index (κ1) is 17.4. The van der Waals surface area contributed by atoms with Gasteiger partial charge < -0.3 is 0 Å². The van der Waals surface area contributed by atoms with Gasteiger partial charge in [-0.3, -0.25) is 9.63 Å². The van der Waals surface area contributed by atoms with E-state index >= 15 is 0 Å². The highest BCUT2D eigenvalue weighted by Crippen LogP contribution is 2.11. The zero-order valence-electron chi connectivity index (χ0n) is 14.2. The normalized spacial score (nSPS) is 12.6. The summed E-state index contributed by atoms with van der Waals surface area (Å²) >= 11 is 0. The van der Waals surface area contributed by atoms with E-state index in [4.69, 9.17) is 4.84 Å². The van der Waals surface area contributed by atoms with Crippen LogP contribution in [0.1, 0.15) is 42.0 Å². The molecule has 0 unspecified atom stereocenters. The monoisotopic (exact) mass is 315 g/mol. The molecular weight excluding hydrogens is 290 g/mol. The van der Waals surface area contributed by atoms with Crippen LogP contribution in [0.15, 0.2) is 36.4 Å². The minimum atomic E-state index is -0.0601. The van der Waals surface area contributed by atoms with E-state index in [2.05, 4.69) is 24.4 Å². The van der Waals surface area contributed by atoms with Gasteiger partial charge in [-0.05, 0) is 31.4 Å². The molecule has 0 spiro atoms. The number of hydroxylamine groups is 1. The Morgan fingerprint density at radius 3 is 2.52 bits per heavy atom. The van der Waals surface area contributed by atoms with Gasteiger partial charge in [0.25, 0.3) is 0 Å². The van der Waals surface area contributed by atoms with Crippen molar-refractivity contribution in [1.29, 1.82) is 0 Å². The molecule has 0 radical (unpaired) electrons. The molecule has 1 aromatic carbocycles. The Kier molecular flexibility index (Phi) is 6.07. The lowest BCUT2D eigenvalue weighted by Crippen LogP contribution is -2.37. The van der Waals surface area contributed by atoms with Gasteiger partial charge in [0.15, 0.2) is 0 Å². The Morgan fingerprint density at radius 1 is 1.26 bits per heavy atom. The van der Waals surface area contributed by atoms with Crippen molar-refractivity contribution in [1.82, 2.24) is 15.3 Å². The maximum absolute atomic E-state index is 12.4. The van der Waals surface area contributed by atoms with Crippen LogP contribution in [0, 0.1) is 19.8 Å². The van der Waals surface area contributed by atoms with Crippen LogP contribution in [0.3, 0.4) is 0 Å². The van der Waals surface area contributed by atoms with Crippen molar-refractivity contribution in [2.24, 2.45) is 5.92 Å². The smallest absolute Gasteiger partial charge is 0.248 e. The lowest BCUT2D eigenvalue weighted by molar-refractivity contribution is -0.00873. The fraction of sp³-hybridized carbons (Fsp3) is 0.444. The Hall–Kier alpha value is -1.98. The summed E-state index contributed by atoms with van der Waals surface area (Å²) in [6.07, 6.45) is 0.342. The molecule has 1 N–H and O–H groups in total. The molecule has 5 heteroatoms. The summed E-state index contributed by atoms with van der Waals surface area (Å²) in [7, 11) is 0. The van der Waals surface area contributed by atoms with Crippen LogP contribution in [0.4, 0.5) is 0 Å². The van der Waals surface area contributed by atoms with Crippen LogP contribution < -0.4 is 5.48 Å². The van der Waals surface area contributed by atoms with E-state index in [0.717, 1.165) is 17.0 Å². The van der Waals surface area contributed by atoms with Crippen molar-refractivity contribution in [2.75, 3.05) is 0 Å². The largest absolute Gasteiger partial charge is 0.297 e. The highest BCUT2D eigenvalue weighted by Gasteiger charge is 2.20. The van der Waals surface area contributed by atoms with Crippen LogP contribution in [0.5, 0.6) is 0 Å². The summed E-state index contributed by atoms with van der Waals surface area (Å²) in [4.78, 5) is 18.0. The number of carbonyl (C=O) groups is 1. The van der Waals surface area contributed by atoms with Gasteiger partial charge in [0, 0.05) is 18.2 Å². The number of hydrogen-bond donors (Lipinski definition) is 1. The molecule has 1 heterocycles. The van der Waals surface area contributed by atoms with E-state index in [-0.39, 0.29) is 17.9 Å². The summed E-state index contributed by atoms with van der Waals surface area (Å²) in [6.45, 7) is 8.38. The van der Waals surface area contributed by atoms with Crippen molar-refractivity contribution >= 4 is 5.91 Å². The maximum atomic E-state index is 12.4. The first-order chi connectivity index (χ1) is 11.0. The third-order valence-electron chi connectivity index (χ3n) is 3.76. The van der Waals surface area contributed by atoms with Crippen molar-refractivity contribution in [3.05, 3.63) is 53.3 Å². The van der Waals surface area contributed by atoms with Crippen molar-refractivity contribution < 1.29 is 9.63 Å². The van der Waals surface area contributed by atoms with Gasteiger partial charge in [-0.2, -0.15) is 10.6 Å². The molecule has 1 atom stereocenters. The molecule has 2 rings (SSSR count). The van der Waals surface area contributed by atoms with Gasteiger partial charge in [0.05, 0.1) is 12.3 Å². The highest BCUT2D eigenvalue weighted by molar-refractivity contribution is 5.79. The molecule has 5 nitrogen and oxygen atoms in total. The zero-order valence-corrected chi connectivity index (χ0v) is 14.2. The highest BCUT2D eigenvalue weighted by atomic mass is 16.6. The summed E-state index contributed by atoms with van der Waals surface area (Å²) in [5.41, 5.74) is 5.84. The third kappa shape index (κ3) is 5.01. The lowest BCUT2D eigenvalue weighted by Gasteiger charge is -2.21. The Morgan fingerprint density at radius 2 is 1.96 bits per heavy atom. The number of aryl methyl sites for hydroxylation is 2. The summed E-state index contributed by atoms with van der Waals surface area (Å²) < 4.78 is 1.48. The molecular formula is C18H25N3O2. The minimum absolute atomic E-state index is 0.0230. The maximum Gasteiger partial charge on any atom is 0.248 e. The van der Waals surface area contributed by atoms with Crippen LogP contribution in [-0.2, 0) is 11.4 Å². The Balaban J connectivity index is 1.91. The van der Waals surface area contributed by atoms with E-state index in [1.54, 1.807) is 0 Å². The predicted octanol–water partition coefficient (Wildman–Crippen LogP) is 3.28. The lowest BCUT2D eigenvalue weighted by atomic mass is 10.0. The molecule has 0 aliphatic rings. The predicted molar refractivity (Wildman–Crippen MR) is 89.9 cm³/mol. The molecule has 0 bridgehead atoms. The molecule has 2 aromatic rings. The van der Waals surface area contributed by atoms with Crippen LogP contribution in [-0.4, -0.2) is 21.7 Å². The van der Waals surface area contributed by atoms with Crippen LogP contribution in [0.25, 0.3) is 0 Å². The van der Waals surface area contributed by atoms with Crippen molar-refractivity contribution in [3.63, 3.8) is 0 Å². The van der Waals surface area contributed by atoms with E-state index in [1.807, 2.05) is 50.2 Å². The number of nitrogens with one attached hydrogen (secondary N) is 1. The molecule has 0 aliphatic carbocycles. The summed E-state index contributed by atoms with van der Waals surface area (Å²) in [5, 5.41) is 4.25. The average molecular weight is 315 g/mol. The first-order valence-electron chi connectivity index (χ1n) is 7.95. The number of rotatable bonds is 7. The fourth-order valence-corrected chi connectivity index (χ4v) is 2.38. The van der Waals surface area contributed by atoms with Gasteiger partial charge in [-0.1, -0.05) is 44.2 Å². The first-order valence-corrected chi connectivity index (χ1v) is 7.95. The number of benzene rings is 1. The van der Waals surface area contributed by atoms with Gasteiger partial charge >= 0.3 is 0 Å². The summed E-state index contributed by atoms with van der Waals surface area (Å²) in [6, 6.07) is 11.8. The molecule has 0 fully saturated rings. The second-order valence-corrected chi connectivity index (χ2v) is 6.18. The molecule has 1 aromatic heterocycles. The Labute approximate surface area is 137 Å².